The van der Waals surface area contributed by atoms with E-state index in [1.165, 1.54) is 12.8 Å². The van der Waals surface area contributed by atoms with Crippen molar-refractivity contribution in [1.82, 2.24) is 4.90 Å². The second-order valence-corrected chi connectivity index (χ2v) is 6.16. The predicted octanol–water partition coefficient (Wildman–Crippen LogP) is 3.73. The Morgan fingerprint density at radius 2 is 2.20 bits per heavy atom. The summed E-state index contributed by atoms with van der Waals surface area (Å²) in [6.45, 7) is 2.11. The minimum absolute atomic E-state index is 0.0337. The first-order valence-electron chi connectivity index (χ1n) is 6.81. The number of likely N-dealkylation sites (N-methyl/N-ethyl adjacent to an activating group) is 1. The van der Waals surface area contributed by atoms with E-state index in [2.05, 4.69) is 22.9 Å². The van der Waals surface area contributed by atoms with Crippen LogP contribution in [0, 0.1) is 5.92 Å². The Morgan fingerprint density at radius 3 is 2.80 bits per heavy atom. The molecule has 4 heteroatoms. The van der Waals surface area contributed by atoms with Crippen LogP contribution in [0.4, 0.5) is 0 Å². The van der Waals surface area contributed by atoms with Gasteiger partial charge in [-0.3, -0.25) is 4.79 Å². The van der Waals surface area contributed by atoms with Crippen molar-refractivity contribution in [2.75, 3.05) is 14.2 Å². The topological polar surface area (TPSA) is 29.5 Å². The summed E-state index contributed by atoms with van der Waals surface area (Å²) >= 11 is 3.43. The van der Waals surface area contributed by atoms with Gasteiger partial charge in [-0.2, -0.15) is 0 Å². The van der Waals surface area contributed by atoms with Gasteiger partial charge in [0.2, 0.25) is 5.91 Å². The predicted molar refractivity (Wildman–Crippen MR) is 84.7 cm³/mol. The third-order valence-corrected chi connectivity index (χ3v) is 4.35. The fourth-order valence-electron chi connectivity index (χ4n) is 2.21. The minimum atomic E-state index is 0.0337. The van der Waals surface area contributed by atoms with Crippen LogP contribution >= 0.6 is 15.9 Å². The van der Waals surface area contributed by atoms with Gasteiger partial charge in [0.25, 0.3) is 0 Å². The number of benzene rings is 1. The number of hydrogen-bond acceptors (Lipinski definition) is 2. The molecule has 1 amide bonds. The van der Waals surface area contributed by atoms with Crippen LogP contribution in [-0.2, 0) is 4.79 Å². The molecule has 20 heavy (non-hydrogen) atoms. The summed E-state index contributed by atoms with van der Waals surface area (Å²) in [5, 5.41) is 0. The van der Waals surface area contributed by atoms with Crippen LogP contribution < -0.4 is 4.74 Å². The highest BCUT2D eigenvalue weighted by atomic mass is 79.9. The van der Waals surface area contributed by atoms with Gasteiger partial charge in [-0.05, 0) is 50.0 Å². The Kier molecular flexibility index (Phi) is 4.86. The lowest BCUT2D eigenvalue weighted by Crippen LogP contribution is -2.35. The highest BCUT2D eigenvalue weighted by Crippen LogP contribution is 2.34. The Labute approximate surface area is 128 Å². The average molecular weight is 338 g/mol. The van der Waals surface area contributed by atoms with Gasteiger partial charge in [-0.15, -0.1) is 0 Å². The highest BCUT2D eigenvalue weighted by molar-refractivity contribution is 9.10. The first kappa shape index (κ1) is 15.1. The van der Waals surface area contributed by atoms with Gasteiger partial charge in [-0.1, -0.05) is 15.9 Å². The number of ether oxygens (including phenoxy) is 1. The number of carbonyl (C=O) groups excluding carboxylic acids is 1. The van der Waals surface area contributed by atoms with E-state index in [-0.39, 0.29) is 5.91 Å². The molecule has 1 aliphatic carbocycles. The van der Waals surface area contributed by atoms with Gasteiger partial charge in [-0.25, -0.2) is 0 Å². The van der Waals surface area contributed by atoms with Crippen molar-refractivity contribution in [3.8, 4) is 5.75 Å². The van der Waals surface area contributed by atoms with E-state index in [0.29, 0.717) is 12.0 Å². The average Bonchev–Trinajstić information content (AvgIpc) is 3.27. The third-order valence-electron chi connectivity index (χ3n) is 3.86. The second-order valence-electron chi connectivity index (χ2n) is 5.25. The number of halogens is 1. The molecule has 1 fully saturated rings. The zero-order chi connectivity index (χ0) is 14.7. The maximum Gasteiger partial charge on any atom is 0.246 e. The number of hydrogen-bond donors (Lipinski definition) is 0. The summed E-state index contributed by atoms with van der Waals surface area (Å²) in [5.41, 5.74) is 0.891. The Hall–Kier alpha value is -1.29. The molecule has 0 spiro atoms. The molecule has 0 bridgehead atoms. The third kappa shape index (κ3) is 3.63. The maximum atomic E-state index is 12.2. The van der Waals surface area contributed by atoms with Gasteiger partial charge in [0.15, 0.2) is 0 Å². The molecule has 0 heterocycles. The molecule has 0 saturated heterocycles. The molecular weight excluding hydrogens is 318 g/mol. The van der Waals surface area contributed by atoms with Crippen LogP contribution in [0.15, 0.2) is 28.7 Å². The van der Waals surface area contributed by atoms with Crippen molar-refractivity contribution in [2.45, 2.75) is 25.8 Å². The van der Waals surface area contributed by atoms with Crippen molar-refractivity contribution < 1.29 is 9.53 Å². The SMILES string of the molecule is COc1ccc(Br)cc1/C=C/C(=O)N(C)C(C)C1CC1. The van der Waals surface area contributed by atoms with Crippen molar-refractivity contribution in [2.24, 2.45) is 5.92 Å². The van der Waals surface area contributed by atoms with E-state index in [1.54, 1.807) is 13.2 Å². The van der Waals surface area contributed by atoms with Crippen LogP contribution in [0.5, 0.6) is 5.75 Å². The number of nitrogens with zero attached hydrogens (tertiary/aromatic N) is 1. The summed E-state index contributed by atoms with van der Waals surface area (Å²) in [7, 11) is 3.50. The smallest absolute Gasteiger partial charge is 0.246 e. The van der Waals surface area contributed by atoms with Gasteiger partial charge in [0, 0.05) is 29.2 Å². The molecule has 1 saturated carbocycles. The monoisotopic (exact) mass is 337 g/mol. The first-order valence-corrected chi connectivity index (χ1v) is 7.60. The number of amides is 1. The summed E-state index contributed by atoms with van der Waals surface area (Å²) in [6, 6.07) is 6.05. The number of methoxy groups -OCH3 is 1. The van der Waals surface area contributed by atoms with Crippen molar-refractivity contribution in [3.05, 3.63) is 34.3 Å². The van der Waals surface area contributed by atoms with E-state index >= 15 is 0 Å². The molecule has 1 aliphatic rings. The summed E-state index contributed by atoms with van der Waals surface area (Å²) in [5.74, 6) is 1.47. The minimum Gasteiger partial charge on any atom is -0.496 e. The molecule has 0 aromatic heterocycles. The molecule has 1 unspecified atom stereocenters. The zero-order valence-electron chi connectivity index (χ0n) is 12.1. The van der Waals surface area contributed by atoms with Crippen molar-refractivity contribution >= 4 is 27.9 Å². The van der Waals surface area contributed by atoms with E-state index in [1.807, 2.05) is 36.2 Å². The molecule has 0 N–H and O–H groups in total. The fourth-order valence-corrected chi connectivity index (χ4v) is 2.59. The normalized spacial score (nSPS) is 16.2. The Balaban J connectivity index is 2.08. The van der Waals surface area contributed by atoms with Gasteiger partial charge < -0.3 is 9.64 Å². The van der Waals surface area contributed by atoms with Gasteiger partial charge >= 0.3 is 0 Å². The largest absolute Gasteiger partial charge is 0.496 e. The summed E-state index contributed by atoms with van der Waals surface area (Å²) in [4.78, 5) is 14.0. The molecule has 1 aromatic carbocycles. The molecule has 0 radical (unpaired) electrons. The number of carbonyl (C=O) groups is 1. The first-order chi connectivity index (χ1) is 9.52. The van der Waals surface area contributed by atoms with Crippen LogP contribution in [0.25, 0.3) is 6.08 Å². The molecule has 1 atom stereocenters. The number of rotatable bonds is 5. The molecule has 1 aromatic rings. The summed E-state index contributed by atoms with van der Waals surface area (Å²) < 4.78 is 6.25. The van der Waals surface area contributed by atoms with E-state index in [4.69, 9.17) is 4.74 Å². The zero-order valence-corrected chi connectivity index (χ0v) is 13.7. The van der Waals surface area contributed by atoms with E-state index in [0.717, 1.165) is 15.8 Å². The van der Waals surface area contributed by atoms with Crippen LogP contribution in [0.3, 0.4) is 0 Å². The fraction of sp³-hybridized carbons (Fsp3) is 0.438. The Bertz CT molecular complexity index is 523. The van der Waals surface area contributed by atoms with Crippen LogP contribution in [0.2, 0.25) is 0 Å². The molecule has 3 nitrogen and oxygen atoms in total. The molecular formula is C16H20BrNO2. The van der Waals surface area contributed by atoms with E-state index in [9.17, 15) is 4.79 Å². The van der Waals surface area contributed by atoms with Gasteiger partial charge in [0.1, 0.15) is 5.75 Å². The quantitative estimate of drug-likeness (QED) is 0.766. The molecule has 0 aliphatic heterocycles. The molecule has 2 rings (SSSR count). The maximum absolute atomic E-state index is 12.2. The van der Waals surface area contributed by atoms with Crippen LogP contribution in [-0.4, -0.2) is 31.0 Å². The van der Waals surface area contributed by atoms with E-state index < -0.39 is 0 Å². The lowest BCUT2D eigenvalue weighted by Gasteiger charge is -2.23. The summed E-state index contributed by atoms with van der Waals surface area (Å²) in [6.07, 6.45) is 5.90. The molecule has 108 valence electrons. The van der Waals surface area contributed by atoms with Gasteiger partial charge in [0.05, 0.1) is 7.11 Å². The lowest BCUT2D eigenvalue weighted by atomic mass is 10.1. The highest BCUT2D eigenvalue weighted by Gasteiger charge is 2.31. The standard InChI is InChI=1S/C16H20BrNO2/c1-11(12-4-5-12)18(2)16(19)9-6-13-10-14(17)7-8-15(13)20-3/h6-12H,4-5H2,1-3H3/b9-6+. The Morgan fingerprint density at radius 1 is 1.50 bits per heavy atom. The van der Waals surface area contributed by atoms with Crippen molar-refractivity contribution in [1.29, 1.82) is 0 Å². The lowest BCUT2D eigenvalue weighted by molar-refractivity contribution is -0.126. The second kappa shape index (κ2) is 6.44. The van der Waals surface area contributed by atoms with Crippen LogP contribution in [0.1, 0.15) is 25.3 Å². The van der Waals surface area contributed by atoms with Crippen molar-refractivity contribution in [3.63, 3.8) is 0 Å².